The predicted molar refractivity (Wildman–Crippen MR) is 98.6 cm³/mol. The number of rotatable bonds is 5. The zero-order valence-electron chi connectivity index (χ0n) is 15.3. The summed E-state index contributed by atoms with van der Waals surface area (Å²) in [5.74, 6) is 1.31. The number of methoxy groups -OCH3 is 1. The molecular weight excluding hydrogens is 352 g/mol. The molecule has 0 aliphatic heterocycles. The zero-order valence-corrected chi connectivity index (χ0v) is 16.1. The Hall–Kier alpha value is -1.55. The number of Topliss-reactive ketones (excluding diaryl/α,β-unsaturated/α-hetero) is 1. The predicted octanol–water partition coefficient (Wildman–Crippen LogP) is 4.39. The van der Waals surface area contributed by atoms with Crippen molar-refractivity contribution in [2.45, 2.75) is 56.4 Å². The highest BCUT2D eigenvalue weighted by Crippen LogP contribution is 2.64. The van der Waals surface area contributed by atoms with Crippen LogP contribution in [0.5, 0.6) is 5.75 Å². The van der Waals surface area contributed by atoms with Gasteiger partial charge in [-0.3, -0.25) is 9.59 Å². The second kappa shape index (κ2) is 6.26. The number of benzene rings is 1. The summed E-state index contributed by atoms with van der Waals surface area (Å²) in [4.78, 5) is 25.4. The van der Waals surface area contributed by atoms with Gasteiger partial charge in [-0.05, 0) is 81.5 Å². The van der Waals surface area contributed by atoms with Gasteiger partial charge in [-0.25, -0.2) is 0 Å². The molecule has 0 amide bonds. The average Bonchev–Trinajstić information content (AvgIpc) is 2.59. The molecule has 0 N–H and O–H groups in total. The lowest BCUT2D eigenvalue weighted by Gasteiger charge is -2.58. The van der Waals surface area contributed by atoms with E-state index in [1.165, 1.54) is 6.42 Å². The van der Waals surface area contributed by atoms with E-state index in [9.17, 15) is 9.59 Å². The fraction of sp³-hybridized carbons (Fsp3) is 0.619. The number of carbonyl (C=O) groups excluding carboxylic acids is 2. The molecular formula is C21H25ClO4. The maximum atomic E-state index is 13.0. The Labute approximate surface area is 159 Å². The summed E-state index contributed by atoms with van der Waals surface area (Å²) in [6, 6.07) is 6.87. The number of ketones is 1. The third-order valence-electron chi connectivity index (χ3n) is 6.45. The van der Waals surface area contributed by atoms with Crippen LogP contribution in [0.4, 0.5) is 0 Å². The molecule has 26 heavy (non-hydrogen) atoms. The summed E-state index contributed by atoms with van der Waals surface area (Å²) < 4.78 is 10.8. The van der Waals surface area contributed by atoms with Crippen molar-refractivity contribution >= 4 is 23.4 Å². The van der Waals surface area contributed by atoms with Crippen molar-refractivity contribution in [3.05, 3.63) is 29.8 Å². The van der Waals surface area contributed by atoms with E-state index < -0.39 is 11.5 Å². The third-order valence-corrected chi connectivity index (χ3v) is 6.89. The van der Waals surface area contributed by atoms with E-state index >= 15 is 0 Å². The van der Waals surface area contributed by atoms with E-state index in [2.05, 4.69) is 0 Å². The van der Waals surface area contributed by atoms with Crippen LogP contribution in [-0.2, 0) is 9.53 Å². The summed E-state index contributed by atoms with van der Waals surface area (Å²) in [6.07, 6.45) is 4.83. The van der Waals surface area contributed by atoms with Crippen LogP contribution in [0, 0.1) is 17.3 Å². The molecule has 5 atom stereocenters. The number of alkyl halides is 1. The number of esters is 1. The Morgan fingerprint density at radius 1 is 1.12 bits per heavy atom. The van der Waals surface area contributed by atoms with Crippen molar-refractivity contribution in [1.82, 2.24) is 0 Å². The first-order valence-corrected chi connectivity index (χ1v) is 9.79. The molecule has 4 nitrogen and oxygen atoms in total. The fourth-order valence-electron chi connectivity index (χ4n) is 5.72. The van der Waals surface area contributed by atoms with Crippen molar-refractivity contribution in [3.8, 4) is 5.75 Å². The lowest BCUT2D eigenvalue weighted by molar-refractivity contribution is -0.172. The molecule has 5 rings (SSSR count). The van der Waals surface area contributed by atoms with E-state index in [1.54, 1.807) is 38.3 Å². The van der Waals surface area contributed by atoms with Gasteiger partial charge >= 0.3 is 5.97 Å². The molecule has 0 spiro atoms. The Morgan fingerprint density at radius 3 is 2.27 bits per heavy atom. The second-order valence-corrected chi connectivity index (χ2v) is 9.33. The standard InChI is InChI=1S/C21H25ClO4/c1-13(18(23)16-3-5-17(25-2)6-4-16)26-19(24)20-8-14-7-15(9-20)11-21(22,10-14)12-20/h3-6,13-15H,7-12H2,1-2H3/t13-,14-,15+,20?,21?/m0/s1. The minimum Gasteiger partial charge on any atom is -0.497 e. The minimum absolute atomic E-state index is 0.189. The van der Waals surface area contributed by atoms with Crippen LogP contribution in [0.25, 0.3) is 0 Å². The van der Waals surface area contributed by atoms with Gasteiger partial charge in [-0.1, -0.05) is 0 Å². The van der Waals surface area contributed by atoms with Gasteiger partial charge in [0.2, 0.25) is 5.78 Å². The van der Waals surface area contributed by atoms with Crippen LogP contribution in [0.3, 0.4) is 0 Å². The molecule has 1 aromatic rings. The summed E-state index contributed by atoms with van der Waals surface area (Å²) >= 11 is 6.80. The molecule has 4 fully saturated rings. The maximum absolute atomic E-state index is 13.0. The summed E-state index contributed by atoms with van der Waals surface area (Å²) in [6.45, 7) is 1.65. The van der Waals surface area contributed by atoms with Gasteiger partial charge in [0.05, 0.1) is 12.5 Å². The van der Waals surface area contributed by atoms with Crippen molar-refractivity contribution in [1.29, 1.82) is 0 Å². The highest BCUT2D eigenvalue weighted by molar-refractivity contribution is 6.24. The molecule has 0 saturated heterocycles. The largest absolute Gasteiger partial charge is 0.497 e. The van der Waals surface area contributed by atoms with Gasteiger partial charge in [0.15, 0.2) is 6.10 Å². The quantitative estimate of drug-likeness (QED) is 0.434. The van der Waals surface area contributed by atoms with Gasteiger partial charge in [0.1, 0.15) is 5.75 Å². The SMILES string of the molecule is COc1ccc(C(=O)[C@H](C)OC(=O)C23C[C@@H]4C[C@@H](CC(Cl)(C4)C2)C3)cc1. The second-order valence-electron chi connectivity index (χ2n) is 8.53. The molecule has 4 aliphatic rings. The average molecular weight is 377 g/mol. The van der Waals surface area contributed by atoms with Crippen molar-refractivity contribution < 1.29 is 19.1 Å². The highest BCUT2D eigenvalue weighted by atomic mass is 35.5. The van der Waals surface area contributed by atoms with Crippen molar-refractivity contribution in [2.24, 2.45) is 17.3 Å². The first-order valence-electron chi connectivity index (χ1n) is 9.41. The van der Waals surface area contributed by atoms with Gasteiger partial charge < -0.3 is 9.47 Å². The molecule has 4 aliphatic carbocycles. The van der Waals surface area contributed by atoms with Gasteiger partial charge in [0.25, 0.3) is 0 Å². The van der Waals surface area contributed by atoms with Crippen LogP contribution in [-0.4, -0.2) is 29.8 Å². The van der Waals surface area contributed by atoms with Crippen LogP contribution in [0.15, 0.2) is 24.3 Å². The molecule has 4 saturated carbocycles. The Kier molecular flexibility index (Phi) is 4.30. The van der Waals surface area contributed by atoms with Crippen LogP contribution >= 0.6 is 11.6 Å². The van der Waals surface area contributed by atoms with Gasteiger partial charge in [-0.15, -0.1) is 11.6 Å². The molecule has 140 valence electrons. The molecule has 0 heterocycles. The van der Waals surface area contributed by atoms with E-state index in [0.29, 0.717) is 29.6 Å². The molecule has 1 aromatic carbocycles. The minimum atomic E-state index is -0.796. The van der Waals surface area contributed by atoms with Crippen LogP contribution in [0.2, 0.25) is 0 Å². The molecule has 0 aromatic heterocycles. The molecule has 5 heteroatoms. The van der Waals surface area contributed by atoms with E-state index in [0.717, 1.165) is 25.7 Å². The van der Waals surface area contributed by atoms with Crippen molar-refractivity contribution in [3.63, 3.8) is 0 Å². The van der Waals surface area contributed by atoms with E-state index in [1.807, 2.05) is 0 Å². The number of hydrogen-bond acceptors (Lipinski definition) is 4. The zero-order chi connectivity index (χ0) is 18.5. The fourth-order valence-corrected chi connectivity index (χ4v) is 6.41. The highest BCUT2D eigenvalue weighted by Gasteiger charge is 2.61. The van der Waals surface area contributed by atoms with Crippen molar-refractivity contribution in [2.75, 3.05) is 7.11 Å². The topological polar surface area (TPSA) is 52.6 Å². The van der Waals surface area contributed by atoms with Gasteiger partial charge in [-0.2, -0.15) is 0 Å². The van der Waals surface area contributed by atoms with Crippen LogP contribution in [0.1, 0.15) is 55.8 Å². The Bertz CT molecular complexity index is 712. The normalized spacial score (nSPS) is 35.8. The lowest BCUT2D eigenvalue weighted by atomic mass is 9.49. The number of ether oxygens (including phenoxy) is 2. The number of carbonyl (C=O) groups is 2. The molecule has 2 unspecified atom stereocenters. The van der Waals surface area contributed by atoms with Gasteiger partial charge in [0, 0.05) is 10.4 Å². The number of hydrogen-bond donors (Lipinski definition) is 0. The van der Waals surface area contributed by atoms with Crippen LogP contribution < -0.4 is 4.74 Å². The third kappa shape index (κ3) is 3.02. The first-order chi connectivity index (χ1) is 12.3. The number of halogens is 1. The van der Waals surface area contributed by atoms with E-state index in [-0.39, 0.29) is 16.6 Å². The Balaban J connectivity index is 1.46. The molecule has 4 bridgehead atoms. The maximum Gasteiger partial charge on any atom is 0.312 e. The molecule has 0 radical (unpaired) electrons. The monoisotopic (exact) mass is 376 g/mol. The summed E-state index contributed by atoms with van der Waals surface area (Å²) in [5.41, 5.74) is 0.0331. The Morgan fingerprint density at radius 2 is 1.73 bits per heavy atom. The first kappa shape index (κ1) is 17.8. The summed E-state index contributed by atoms with van der Waals surface area (Å²) in [5, 5.41) is 0. The summed E-state index contributed by atoms with van der Waals surface area (Å²) in [7, 11) is 1.58. The lowest BCUT2D eigenvalue weighted by Crippen LogP contribution is -2.56. The van der Waals surface area contributed by atoms with E-state index in [4.69, 9.17) is 21.1 Å². The smallest absolute Gasteiger partial charge is 0.312 e.